The van der Waals surface area contributed by atoms with Gasteiger partial charge >= 0.3 is 0 Å². The first-order valence-corrected chi connectivity index (χ1v) is 8.75. The van der Waals surface area contributed by atoms with E-state index < -0.39 is 0 Å². The number of hydrogen-bond acceptors (Lipinski definition) is 3. The molecule has 3 fully saturated rings. The van der Waals surface area contributed by atoms with Crippen LogP contribution in [0.1, 0.15) is 64.7 Å². The molecule has 0 aromatic rings. The number of likely N-dealkylation sites (tertiary alicyclic amines) is 1. The summed E-state index contributed by atoms with van der Waals surface area (Å²) in [4.78, 5) is 2.56. The molecular weight excluding hydrogens is 250 g/mol. The Labute approximate surface area is 123 Å². The minimum absolute atomic E-state index is 0.134. The van der Waals surface area contributed by atoms with E-state index in [9.17, 15) is 5.11 Å². The molecule has 2 atom stereocenters. The molecule has 3 aliphatic rings. The summed E-state index contributed by atoms with van der Waals surface area (Å²) in [6.45, 7) is 5.34. The van der Waals surface area contributed by atoms with E-state index in [0.29, 0.717) is 12.0 Å². The van der Waals surface area contributed by atoms with Crippen LogP contribution in [-0.2, 0) is 4.74 Å². The van der Waals surface area contributed by atoms with Crippen LogP contribution in [0.2, 0.25) is 0 Å². The third-order valence-electron chi connectivity index (χ3n) is 5.88. The monoisotopic (exact) mass is 281 g/mol. The highest BCUT2D eigenvalue weighted by Crippen LogP contribution is 2.42. The molecule has 2 unspecified atom stereocenters. The summed E-state index contributed by atoms with van der Waals surface area (Å²) < 4.78 is 6.48. The third-order valence-corrected chi connectivity index (χ3v) is 5.88. The number of hydrogen-bond donors (Lipinski definition) is 1. The van der Waals surface area contributed by atoms with Gasteiger partial charge in [0.15, 0.2) is 0 Å². The first kappa shape index (κ1) is 14.8. The van der Waals surface area contributed by atoms with Crippen LogP contribution in [-0.4, -0.2) is 47.4 Å². The van der Waals surface area contributed by atoms with Crippen molar-refractivity contribution in [3.05, 3.63) is 0 Å². The van der Waals surface area contributed by atoms with E-state index in [4.69, 9.17) is 4.74 Å². The Hall–Kier alpha value is -0.120. The summed E-state index contributed by atoms with van der Waals surface area (Å²) in [6, 6.07) is 0. The van der Waals surface area contributed by atoms with E-state index in [-0.39, 0.29) is 11.7 Å². The van der Waals surface area contributed by atoms with E-state index in [1.807, 2.05) is 6.92 Å². The molecule has 2 saturated heterocycles. The van der Waals surface area contributed by atoms with Gasteiger partial charge in [0, 0.05) is 6.54 Å². The Balaban J connectivity index is 1.43. The maximum Gasteiger partial charge on any atom is 0.0710 e. The fourth-order valence-electron chi connectivity index (χ4n) is 4.49. The van der Waals surface area contributed by atoms with Crippen LogP contribution in [0.5, 0.6) is 0 Å². The molecule has 1 saturated carbocycles. The minimum Gasteiger partial charge on any atom is -0.393 e. The van der Waals surface area contributed by atoms with Crippen molar-refractivity contribution >= 4 is 0 Å². The number of aliphatic hydroxyl groups is 1. The number of rotatable bonds is 3. The summed E-state index contributed by atoms with van der Waals surface area (Å²) >= 11 is 0. The lowest BCUT2D eigenvalue weighted by molar-refractivity contribution is -0.0746. The van der Waals surface area contributed by atoms with Gasteiger partial charge < -0.3 is 14.7 Å². The van der Waals surface area contributed by atoms with Crippen molar-refractivity contribution in [3.8, 4) is 0 Å². The van der Waals surface area contributed by atoms with Crippen molar-refractivity contribution in [2.45, 2.75) is 82.5 Å². The fourth-order valence-corrected chi connectivity index (χ4v) is 4.49. The molecular formula is C17H31NO2. The van der Waals surface area contributed by atoms with Gasteiger partial charge in [-0.25, -0.2) is 0 Å². The first-order chi connectivity index (χ1) is 9.67. The van der Waals surface area contributed by atoms with Gasteiger partial charge in [0.25, 0.3) is 0 Å². The van der Waals surface area contributed by atoms with Crippen LogP contribution in [0, 0.1) is 5.92 Å². The van der Waals surface area contributed by atoms with E-state index in [0.717, 1.165) is 32.5 Å². The van der Waals surface area contributed by atoms with Crippen LogP contribution in [0.3, 0.4) is 0 Å². The smallest absolute Gasteiger partial charge is 0.0710 e. The summed E-state index contributed by atoms with van der Waals surface area (Å²) in [6.07, 6.45) is 11.9. The maximum absolute atomic E-state index is 9.67. The number of nitrogens with zero attached hydrogens (tertiary/aromatic N) is 1. The third kappa shape index (κ3) is 3.37. The van der Waals surface area contributed by atoms with Crippen LogP contribution in [0.15, 0.2) is 0 Å². The molecule has 116 valence electrons. The normalized spacial score (nSPS) is 33.6. The standard InChI is InChI=1S/C17H31NO2/c1-14(19)15-6-11-18(12-7-15)13-16-5-10-17(20-16)8-3-2-4-9-17/h14-16,19H,2-13H2,1H3. The molecule has 0 radical (unpaired) electrons. The van der Waals surface area contributed by atoms with Crippen molar-refractivity contribution < 1.29 is 9.84 Å². The molecule has 0 aromatic carbocycles. The molecule has 1 aliphatic carbocycles. The molecule has 3 nitrogen and oxygen atoms in total. The van der Waals surface area contributed by atoms with Crippen molar-refractivity contribution in [2.75, 3.05) is 19.6 Å². The minimum atomic E-state index is -0.134. The lowest BCUT2D eigenvalue weighted by Gasteiger charge is -2.36. The molecule has 1 spiro atoms. The van der Waals surface area contributed by atoms with Crippen LogP contribution in [0.25, 0.3) is 0 Å². The average molecular weight is 281 g/mol. The van der Waals surface area contributed by atoms with Crippen molar-refractivity contribution in [1.29, 1.82) is 0 Å². The SMILES string of the molecule is CC(O)C1CCN(CC2CCC3(CCCCC3)O2)CC1. The van der Waals surface area contributed by atoms with E-state index >= 15 is 0 Å². The quantitative estimate of drug-likeness (QED) is 0.863. The summed E-state index contributed by atoms with van der Waals surface area (Å²) in [5.41, 5.74) is 0.265. The molecule has 3 heteroatoms. The first-order valence-electron chi connectivity index (χ1n) is 8.75. The van der Waals surface area contributed by atoms with E-state index in [1.165, 1.54) is 44.9 Å². The highest BCUT2D eigenvalue weighted by Gasteiger charge is 2.41. The second-order valence-corrected chi connectivity index (χ2v) is 7.40. The van der Waals surface area contributed by atoms with Gasteiger partial charge in [-0.15, -0.1) is 0 Å². The van der Waals surface area contributed by atoms with Crippen molar-refractivity contribution in [3.63, 3.8) is 0 Å². The van der Waals surface area contributed by atoms with Crippen LogP contribution >= 0.6 is 0 Å². The molecule has 20 heavy (non-hydrogen) atoms. The molecule has 2 heterocycles. The predicted octanol–water partition coefficient (Wildman–Crippen LogP) is 2.96. The Morgan fingerprint density at radius 1 is 1.10 bits per heavy atom. The van der Waals surface area contributed by atoms with Gasteiger partial charge in [0.2, 0.25) is 0 Å². The second kappa shape index (κ2) is 6.33. The Morgan fingerprint density at radius 3 is 2.45 bits per heavy atom. The number of ether oxygens (including phenoxy) is 1. The predicted molar refractivity (Wildman–Crippen MR) is 80.8 cm³/mol. The molecule has 2 aliphatic heterocycles. The Morgan fingerprint density at radius 2 is 1.80 bits per heavy atom. The molecule has 0 aromatic heterocycles. The second-order valence-electron chi connectivity index (χ2n) is 7.40. The largest absolute Gasteiger partial charge is 0.393 e. The zero-order valence-electron chi connectivity index (χ0n) is 13.0. The van der Waals surface area contributed by atoms with Gasteiger partial charge in [-0.1, -0.05) is 19.3 Å². The topological polar surface area (TPSA) is 32.7 Å². The van der Waals surface area contributed by atoms with E-state index in [2.05, 4.69) is 4.90 Å². The zero-order chi connectivity index (χ0) is 14.0. The highest BCUT2D eigenvalue weighted by molar-refractivity contribution is 4.92. The van der Waals surface area contributed by atoms with E-state index in [1.54, 1.807) is 0 Å². The maximum atomic E-state index is 9.67. The Kier molecular flexibility index (Phi) is 4.68. The zero-order valence-corrected chi connectivity index (χ0v) is 13.0. The van der Waals surface area contributed by atoms with Gasteiger partial charge in [-0.2, -0.15) is 0 Å². The van der Waals surface area contributed by atoms with Crippen LogP contribution < -0.4 is 0 Å². The summed E-state index contributed by atoms with van der Waals surface area (Å²) in [5, 5.41) is 9.67. The number of piperidine rings is 1. The van der Waals surface area contributed by atoms with Gasteiger partial charge in [-0.3, -0.25) is 0 Å². The fraction of sp³-hybridized carbons (Fsp3) is 1.00. The van der Waals surface area contributed by atoms with Crippen molar-refractivity contribution in [2.24, 2.45) is 5.92 Å². The van der Waals surface area contributed by atoms with Gasteiger partial charge in [-0.05, 0) is 64.5 Å². The summed E-state index contributed by atoms with van der Waals surface area (Å²) in [7, 11) is 0. The Bertz CT molecular complexity index is 304. The molecule has 3 rings (SSSR count). The van der Waals surface area contributed by atoms with Gasteiger partial charge in [0.1, 0.15) is 0 Å². The molecule has 0 amide bonds. The van der Waals surface area contributed by atoms with Crippen molar-refractivity contribution in [1.82, 2.24) is 4.90 Å². The lowest BCUT2D eigenvalue weighted by Crippen LogP contribution is -2.42. The highest BCUT2D eigenvalue weighted by atomic mass is 16.5. The average Bonchev–Trinajstić information content (AvgIpc) is 2.83. The van der Waals surface area contributed by atoms with Gasteiger partial charge in [0.05, 0.1) is 17.8 Å². The van der Waals surface area contributed by atoms with Crippen LogP contribution in [0.4, 0.5) is 0 Å². The lowest BCUT2D eigenvalue weighted by atomic mass is 9.83. The number of aliphatic hydroxyl groups excluding tert-OH is 1. The molecule has 1 N–H and O–H groups in total. The summed E-state index contributed by atoms with van der Waals surface area (Å²) in [5.74, 6) is 0.514. The molecule has 0 bridgehead atoms.